The molecule has 1 aliphatic carbocycles. The van der Waals surface area contributed by atoms with Crippen molar-refractivity contribution in [3.05, 3.63) is 34.8 Å². The quantitative estimate of drug-likeness (QED) is 0.525. The van der Waals surface area contributed by atoms with Crippen molar-refractivity contribution in [2.24, 2.45) is 17.3 Å². The number of hydrogen-bond acceptors (Lipinski definition) is 3. The number of alkyl halides is 5. The summed E-state index contributed by atoms with van der Waals surface area (Å²) in [5.41, 5.74) is -0.736. The number of furan rings is 1. The lowest BCUT2D eigenvalue weighted by Gasteiger charge is -2.04. The van der Waals surface area contributed by atoms with Gasteiger partial charge in [0.1, 0.15) is 17.4 Å². The third-order valence-electron chi connectivity index (χ3n) is 4.02. The fourth-order valence-electron chi connectivity index (χ4n) is 2.51. The molecule has 1 saturated carbocycles. The molecule has 24 heavy (non-hydrogen) atoms. The standard InChI is InChI=1S/C15H14ClF5O3/c1-14(2)8(5-10(16)15(19,20)21)11(14)13(22)23-6-7-3-4-9(24-7)12(17)18/h3-5,8,11-12H,6H2,1-2H3. The topological polar surface area (TPSA) is 39.4 Å². The van der Waals surface area contributed by atoms with Gasteiger partial charge in [-0.25, -0.2) is 8.78 Å². The van der Waals surface area contributed by atoms with E-state index in [1.54, 1.807) is 13.8 Å². The molecular formula is C15H14ClF5O3. The molecule has 2 atom stereocenters. The fraction of sp³-hybridized carbons (Fsp3) is 0.533. The molecule has 0 aromatic carbocycles. The molecule has 2 rings (SSSR count). The van der Waals surface area contributed by atoms with Crippen molar-refractivity contribution < 1.29 is 35.9 Å². The van der Waals surface area contributed by atoms with E-state index in [0.717, 1.165) is 12.1 Å². The van der Waals surface area contributed by atoms with E-state index in [1.165, 1.54) is 6.07 Å². The Morgan fingerprint density at radius 3 is 2.54 bits per heavy atom. The number of esters is 1. The van der Waals surface area contributed by atoms with Crippen molar-refractivity contribution >= 4 is 17.6 Å². The first-order chi connectivity index (χ1) is 10.9. The van der Waals surface area contributed by atoms with Crippen molar-refractivity contribution in [1.82, 2.24) is 0 Å². The Hall–Kier alpha value is -1.57. The lowest BCUT2D eigenvalue weighted by atomic mass is 10.1. The van der Waals surface area contributed by atoms with Gasteiger partial charge in [0, 0.05) is 0 Å². The molecule has 1 aromatic rings. The van der Waals surface area contributed by atoms with Gasteiger partial charge in [-0.15, -0.1) is 0 Å². The van der Waals surface area contributed by atoms with Gasteiger partial charge in [-0.1, -0.05) is 31.5 Å². The normalized spacial score (nSPS) is 23.5. The van der Waals surface area contributed by atoms with Crippen LogP contribution in [0, 0.1) is 17.3 Å². The third-order valence-corrected chi connectivity index (χ3v) is 4.36. The Labute approximate surface area is 139 Å². The maximum Gasteiger partial charge on any atom is 0.426 e. The molecule has 1 fully saturated rings. The molecular weight excluding hydrogens is 359 g/mol. The summed E-state index contributed by atoms with van der Waals surface area (Å²) in [4.78, 5) is 12.0. The first-order valence-electron chi connectivity index (χ1n) is 6.92. The fourth-order valence-corrected chi connectivity index (χ4v) is 2.65. The average Bonchev–Trinajstić information content (AvgIpc) is 2.83. The number of carbonyl (C=O) groups excluding carboxylic acids is 1. The van der Waals surface area contributed by atoms with Crippen LogP contribution in [0.5, 0.6) is 0 Å². The summed E-state index contributed by atoms with van der Waals surface area (Å²) in [7, 11) is 0. The summed E-state index contributed by atoms with van der Waals surface area (Å²) in [6.45, 7) is 2.85. The van der Waals surface area contributed by atoms with Crippen LogP contribution >= 0.6 is 11.6 Å². The Balaban J connectivity index is 1.97. The van der Waals surface area contributed by atoms with Gasteiger partial charge >= 0.3 is 12.1 Å². The zero-order chi connectivity index (χ0) is 18.3. The first kappa shape index (κ1) is 18.8. The lowest BCUT2D eigenvalue weighted by Crippen LogP contribution is -2.10. The van der Waals surface area contributed by atoms with E-state index in [4.69, 9.17) is 20.8 Å². The van der Waals surface area contributed by atoms with Gasteiger partial charge < -0.3 is 9.15 Å². The van der Waals surface area contributed by atoms with E-state index in [0.29, 0.717) is 0 Å². The second-order valence-corrected chi connectivity index (χ2v) is 6.46. The molecule has 0 radical (unpaired) electrons. The van der Waals surface area contributed by atoms with Gasteiger partial charge in [0.05, 0.1) is 5.92 Å². The zero-order valence-electron chi connectivity index (χ0n) is 12.7. The summed E-state index contributed by atoms with van der Waals surface area (Å²) in [6.07, 6.45) is -6.65. The molecule has 1 heterocycles. The van der Waals surface area contributed by atoms with E-state index in [2.05, 4.69) is 0 Å². The van der Waals surface area contributed by atoms with Crippen LogP contribution in [0.25, 0.3) is 0 Å². The lowest BCUT2D eigenvalue weighted by molar-refractivity contribution is -0.148. The number of hydrogen-bond donors (Lipinski definition) is 0. The Morgan fingerprint density at radius 1 is 1.42 bits per heavy atom. The smallest absolute Gasteiger partial charge is 0.426 e. The van der Waals surface area contributed by atoms with Crippen molar-refractivity contribution in [3.8, 4) is 0 Å². The van der Waals surface area contributed by atoms with Gasteiger partial charge in [-0.05, 0) is 23.5 Å². The summed E-state index contributed by atoms with van der Waals surface area (Å²) < 4.78 is 71.9. The van der Waals surface area contributed by atoms with Crippen LogP contribution < -0.4 is 0 Å². The monoisotopic (exact) mass is 372 g/mol. The molecule has 0 amide bonds. The molecule has 0 spiro atoms. The third kappa shape index (κ3) is 3.91. The van der Waals surface area contributed by atoms with E-state index in [-0.39, 0.29) is 12.4 Å². The van der Waals surface area contributed by atoms with Gasteiger partial charge in [0.2, 0.25) is 0 Å². The molecule has 2 unspecified atom stereocenters. The number of halogens is 6. The number of allylic oxidation sites excluding steroid dienone is 2. The van der Waals surface area contributed by atoms with E-state index in [1.807, 2.05) is 0 Å². The molecule has 0 bridgehead atoms. The van der Waals surface area contributed by atoms with Crippen LogP contribution in [0.3, 0.4) is 0 Å². The predicted octanol–water partition coefficient (Wildman–Crippen LogP) is 5.22. The minimum atomic E-state index is -4.67. The molecule has 0 saturated heterocycles. The molecule has 1 aromatic heterocycles. The molecule has 9 heteroatoms. The van der Waals surface area contributed by atoms with E-state index < -0.39 is 46.6 Å². The molecule has 1 aliphatic rings. The highest BCUT2D eigenvalue weighted by Gasteiger charge is 2.62. The number of carbonyl (C=O) groups is 1. The van der Waals surface area contributed by atoms with Crippen LogP contribution in [0.1, 0.15) is 31.8 Å². The van der Waals surface area contributed by atoms with Crippen LogP contribution in [0.4, 0.5) is 22.0 Å². The van der Waals surface area contributed by atoms with Gasteiger partial charge in [-0.2, -0.15) is 13.2 Å². The van der Waals surface area contributed by atoms with Crippen molar-refractivity contribution in [2.75, 3.05) is 0 Å². The Bertz CT molecular complexity index is 648. The van der Waals surface area contributed by atoms with Crippen molar-refractivity contribution in [2.45, 2.75) is 33.1 Å². The van der Waals surface area contributed by atoms with Gasteiger partial charge in [0.25, 0.3) is 6.43 Å². The molecule has 0 N–H and O–H groups in total. The highest BCUT2D eigenvalue weighted by Crippen LogP contribution is 2.60. The number of rotatable bonds is 5. The maximum absolute atomic E-state index is 12.5. The summed E-state index contributed by atoms with van der Waals surface area (Å²) in [5, 5.41) is -1.29. The van der Waals surface area contributed by atoms with Crippen LogP contribution in [0.2, 0.25) is 0 Å². The zero-order valence-corrected chi connectivity index (χ0v) is 13.4. The highest BCUT2D eigenvalue weighted by molar-refractivity contribution is 6.30. The maximum atomic E-state index is 12.5. The largest absolute Gasteiger partial charge is 0.457 e. The molecule has 134 valence electrons. The highest BCUT2D eigenvalue weighted by atomic mass is 35.5. The number of ether oxygens (including phenoxy) is 1. The van der Waals surface area contributed by atoms with E-state index >= 15 is 0 Å². The van der Waals surface area contributed by atoms with Crippen LogP contribution in [-0.4, -0.2) is 12.1 Å². The van der Waals surface area contributed by atoms with Crippen molar-refractivity contribution in [3.63, 3.8) is 0 Å². The first-order valence-corrected chi connectivity index (χ1v) is 7.30. The summed E-state index contributed by atoms with van der Waals surface area (Å²) >= 11 is 5.19. The van der Waals surface area contributed by atoms with Gasteiger partial charge in [0.15, 0.2) is 5.76 Å². The molecule has 3 nitrogen and oxygen atoms in total. The summed E-state index contributed by atoms with van der Waals surface area (Å²) in [6, 6.07) is 2.30. The Kier molecular flexibility index (Phi) is 4.99. The van der Waals surface area contributed by atoms with E-state index in [9.17, 15) is 26.7 Å². The second-order valence-electron chi connectivity index (χ2n) is 6.05. The van der Waals surface area contributed by atoms with Crippen LogP contribution in [-0.2, 0) is 16.1 Å². The average molecular weight is 373 g/mol. The predicted molar refractivity (Wildman–Crippen MR) is 74.2 cm³/mol. The minimum Gasteiger partial charge on any atom is -0.457 e. The van der Waals surface area contributed by atoms with Gasteiger partial charge in [-0.3, -0.25) is 4.79 Å². The summed E-state index contributed by atoms with van der Waals surface area (Å²) in [5.74, 6) is -2.77. The Morgan fingerprint density at radius 2 is 2.04 bits per heavy atom. The minimum absolute atomic E-state index is 0.0255. The van der Waals surface area contributed by atoms with Crippen LogP contribution in [0.15, 0.2) is 27.7 Å². The second kappa shape index (κ2) is 6.38. The SMILES string of the molecule is CC1(C)C(C=C(Cl)C(F)(F)F)C1C(=O)OCc1ccc(C(F)F)o1. The molecule has 0 aliphatic heterocycles. The van der Waals surface area contributed by atoms with Crippen molar-refractivity contribution in [1.29, 1.82) is 0 Å².